The summed E-state index contributed by atoms with van der Waals surface area (Å²) < 4.78 is 11.5. The molecule has 0 atom stereocenters. The van der Waals surface area contributed by atoms with Gasteiger partial charge in [-0.3, -0.25) is 4.79 Å². The summed E-state index contributed by atoms with van der Waals surface area (Å²) in [5.41, 5.74) is -0.677. The summed E-state index contributed by atoms with van der Waals surface area (Å²) >= 11 is 0. The molecule has 0 unspecified atom stereocenters. The van der Waals surface area contributed by atoms with E-state index in [1.54, 1.807) is 0 Å². The van der Waals surface area contributed by atoms with Gasteiger partial charge < -0.3 is 9.31 Å². The van der Waals surface area contributed by atoms with E-state index in [4.69, 9.17) is 9.31 Å². The molecule has 0 bridgehead atoms. The van der Waals surface area contributed by atoms with Crippen LogP contribution in [0.1, 0.15) is 41.5 Å². The molecule has 1 saturated heterocycles. The van der Waals surface area contributed by atoms with Gasteiger partial charge in [0.2, 0.25) is 0 Å². The van der Waals surface area contributed by atoms with E-state index >= 15 is 0 Å². The molecular weight excluding hydrogens is 191 g/mol. The first-order valence-corrected chi connectivity index (χ1v) is 5.54. The van der Waals surface area contributed by atoms with Gasteiger partial charge in [-0.15, -0.1) is 0 Å². The van der Waals surface area contributed by atoms with Crippen molar-refractivity contribution in [1.82, 2.24) is 0 Å². The van der Waals surface area contributed by atoms with Crippen molar-refractivity contribution in [2.45, 2.75) is 59.1 Å². The standard InChI is InChI=1S/C11H21BO3/c1-8(2)9(13)7-12-14-10(3,4)11(5,6)15-12/h8H,7H2,1-6H3. The molecule has 0 spiro atoms. The number of hydrogen-bond acceptors (Lipinski definition) is 3. The fourth-order valence-electron chi connectivity index (χ4n) is 1.45. The summed E-state index contributed by atoms with van der Waals surface area (Å²) in [5, 5.41) is 0. The highest BCUT2D eigenvalue weighted by molar-refractivity contribution is 6.50. The van der Waals surface area contributed by atoms with Gasteiger partial charge in [-0.2, -0.15) is 0 Å². The molecule has 0 amide bonds. The zero-order valence-corrected chi connectivity index (χ0v) is 10.6. The van der Waals surface area contributed by atoms with Crippen molar-refractivity contribution in [2.24, 2.45) is 5.92 Å². The van der Waals surface area contributed by atoms with E-state index in [2.05, 4.69) is 0 Å². The van der Waals surface area contributed by atoms with Crippen molar-refractivity contribution in [1.29, 1.82) is 0 Å². The maximum atomic E-state index is 11.6. The van der Waals surface area contributed by atoms with E-state index in [1.807, 2.05) is 41.5 Å². The lowest BCUT2D eigenvalue weighted by Crippen LogP contribution is -2.41. The zero-order chi connectivity index (χ0) is 11.9. The molecule has 3 nitrogen and oxygen atoms in total. The quantitative estimate of drug-likeness (QED) is 0.673. The summed E-state index contributed by atoms with van der Waals surface area (Å²) in [6.07, 6.45) is 0.352. The Labute approximate surface area is 92.7 Å². The van der Waals surface area contributed by atoms with E-state index in [0.29, 0.717) is 6.32 Å². The van der Waals surface area contributed by atoms with Gasteiger partial charge in [-0.05, 0) is 27.7 Å². The maximum absolute atomic E-state index is 11.6. The van der Waals surface area contributed by atoms with E-state index in [1.165, 1.54) is 0 Å². The number of Topliss-reactive ketones (excluding diaryl/α,β-unsaturated/α-hetero) is 1. The molecule has 0 radical (unpaired) electrons. The monoisotopic (exact) mass is 212 g/mol. The molecule has 0 saturated carbocycles. The molecule has 1 aliphatic rings. The molecule has 1 aliphatic heterocycles. The minimum absolute atomic E-state index is 0.0454. The van der Waals surface area contributed by atoms with E-state index in [0.717, 1.165) is 0 Å². The Balaban J connectivity index is 2.60. The predicted molar refractivity (Wildman–Crippen MR) is 60.7 cm³/mol. The first kappa shape index (κ1) is 12.7. The lowest BCUT2D eigenvalue weighted by atomic mass is 9.80. The fourth-order valence-corrected chi connectivity index (χ4v) is 1.45. The average Bonchev–Trinajstić information content (AvgIpc) is 2.19. The van der Waals surface area contributed by atoms with E-state index in [9.17, 15) is 4.79 Å². The first-order chi connectivity index (χ1) is 6.66. The van der Waals surface area contributed by atoms with Gasteiger partial charge in [0, 0.05) is 12.2 Å². The highest BCUT2D eigenvalue weighted by Crippen LogP contribution is 2.37. The van der Waals surface area contributed by atoms with Crippen molar-refractivity contribution in [3.63, 3.8) is 0 Å². The molecule has 0 aromatic heterocycles. The van der Waals surface area contributed by atoms with Gasteiger partial charge in [0.15, 0.2) is 0 Å². The Hall–Kier alpha value is -0.345. The highest BCUT2D eigenvalue weighted by Gasteiger charge is 2.51. The molecule has 0 aliphatic carbocycles. The SMILES string of the molecule is CC(C)C(=O)CB1OC(C)(C)C(C)(C)O1. The molecule has 1 heterocycles. The third-order valence-electron chi connectivity index (χ3n) is 3.31. The molecule has 86 valence electrons. The molecular formula is C11H21BO3. The van der Waals surface area contributed by atoms with Crippen LogP contribution >= 0.6 is 0 Å². The summed E-state index contributed by atoms with van der Waals surface area (Å²) in [6, 6.07) is 0. The van der Waals surface area contributed by atoms with Gasteiger partial charge in [-0.1, -0.05) is 13.8 Å². The largest absolute Gasteiger partial charge is 0.465 e. The second kappa shape index (κ2) is 3.91. The summed E-state index contributed by atoms with van der Waals surface area (Å²) in [5.74, 6) is 0.234. The van der Waals surface area contributed by atoms with Gasteiger partial charge in [-0.25, -0.2) is 0 Å². The second-order valence-corrected chi connectivity index (χ2v) is 5.51. The van der Waals surface area contributed by atoms with Crippen LogP contribution in [0.4, 0.5) is 0 Å². The Morgan fingerprint density at radius 2 is 1.53 bits per heavy atom. The first-order valence-electron chi connectivity index (χ1n) is 5.54. The van der Waals surface area contributed by atoms with Crippen LogP contribution in [0.5, 0.6) is 0 Å². The highest BCUT2D eigenvalue weighted by atomic mass is 16.7. The fraction of sp³-hybridized carbons (Fsp3) is 0.909. The summed E-state index contributed by atoms with van der Waals surface area (Å²) in [7, 11) is -0.384. The Morgan fingerprint density at radius 1 is 1.13 bits per heavy atom. The molecule has 15 heavy (non-hydrogen) atoms. The van der Waals surface area contributed by atoms with Crippen LogP contribution in [0.2, 0.25) is 6.32 Å². The Kier molecular flexibility index (Phi) is 3.31. The number of carbonyl (C=O) groups is 1. The normalized spacial score (nSPS) is 23.5. The number of rotatable bonds is 3. The lowest BCUT2D eigenvalue weighted by molar-refractivity contribution is -0.120. The van der Waals surface area contributed by atoms with Crippen molar-refractivity contribution in [2.75, 3.05) is 0 Å². The van der Waals surface area contributed by atoms with Crippen molar-refractivity contribution in [3.05, 3.63) is 0 Å². The predicted octanol–water partition coefficient (Wildman–Crippen LogP) is 2.30. The smallest absolute Gasteiger partial charge is 0.403 e. The molecule has 0 aromatic carbocycles. The number of ketones is 1. The van der Waals surface area contributed by atoms with Gasteiger partial charge in [0.25, 0.3) is 0 Å². The third kappa shape index (κ3) is 2.61. The van der Waals surface area contributed by atoms with Crippen LogP contribution in [0, 0.1) is 5.92 Å². The number of hydrogen-bond donors (Lipinski definition) is 0. The topological polar surface area (TPSA) is 35.5 Å². The minimum atomic E-state index is -0.384. The second-order valence-electron chi connectivity index (χ2n) is 5.51. The molecule has 0 N–H and O–H groups in total. The average molecular weight is 212 g/mol. The van der Waals surface area contributed by atoms with Crippen molar-refractivity contribution in [3.8, 4) is 0 Å². The van der Waals surface area contributed by atoms with Crippen molar-refractivity contribution < 1.29 is 14.1 Å². The van der Waals surface area contributed by atoms with Crippen LogP contribution in [0.25, 0.3) is 0 Å². The van der Waals surface area contributed by atoms with E-state index in [-0.39, 0.29) is 30.0 Å². The van der Waals surface area contributed by atoms with Crippen LogP contribution in [-0.2, 0) is 14.1 Å². The minimum Gasteiger partial charge on any atom is -0.403 e. The van der Waals surface area contributed by atoms with Crippen LogP contribution in [0.15, 0.2) is 0 Å². The summed E-state index contributed by atoms with van der Waals surface area (Å²) in [6.45, 7) is 11.8. The van der Waals surface area contributed by atoms with Gasteiger partial charge >= 0.3 is 7.12 Å². The van der Waals surface area contributed by atoms with Crippen LogP contribution < -0.4 is 0 Å². The van der Waals surface area contributed by atoms with Crippen LogP contribution in [-0.4, -0.2) is 24.1 Å². The lowest BCUT2D eigenvalue weighted by Gasteiger charge is -2.32. The van der Waals surface area contributed by atoms with Gasteiger partial charge in [0.05, 0.1) is 11.2 Å². The maximum Gasteiger partial charge on any atom is 0.465 e. The summed E-state index contributed by atoms with van der Waals surface area (Å²) in [4.78, 5) is 11.6. The Morgan fingerprint density at radius 3 is 1.87 bits per heavy atom. The van der Waals surface area contributed by atoms with E-state index < -0.39 is 0 Å². The molecule has 4 heteroatoms. The third-order valence-corrected chi connectivity index (χ3v) is 3.31. The Bertz CT molecular complexity index is 243. The number of carbonyl (C=O) groups excluding carboxylic acids is 1. The molecule has 1 rings (SSSR count). The van der Waals surface area contributed by atoms with Crippen LogP contribution in [0.3, 0.4) is 0 Å². The molecule has 0 aromatic rings. The van der Waals surface area contributed by atoms with Gasteiger partial charge in [0.1, 0.15) is 5.78 Å². The molecule has 1 fully saturated rings. The van der Waals surface area contributed by atoms with Crippen molar-refractivity contribution >= 4 is 12.9 Å². The zero-order valence-electron chi connectivity index (χ0n) is 10.6.